The molecule has 0 heterocycles. The van der Waals surface area contributed by atoms with Gasteiger partial charge in [0, 0.05) is 4.47 Å². The Balaban J connectivity index is 3.23. The van der Waals surface area contributed by atoms with Gasteiger partial charge in [0.2, 0.25) is 6.20 Å². The van der Waals surface area contributed by atoms with Gasteiger partial charge in [0.1, 0.15) is 5.57 Å². The highest BCUT2D eigenvalue weighted by atomic mass is 79.9. The predicted octanol–water partition coefficient (Wildman–Crippen LogP) is 3.63. The molecule has 0 aliphatic rings. The molecule has 0 saturated carbocycles. The van der Waals surface area contributed by atoms with E-state index >= 15 is 0 Å². The Morgan fingerprint density at radius 2 is 1.81 bits per heavy atom. The third kappa shape index (κ3) is 3.34. The van der Waals surface area contributed by atoms with Gasteiger partial charge in [0.05, 0.1) is 4.92 Å². The Kier molecular flexibility index (Phi) is 3.69. The molecule has 1 rings (SSSR count). The number of hydrogen-bond donors (Lipinski definition) is 0. The van der Waals surface area contributed by atoms with Crippen LogP contribution < -0.4 is 0 Å². The number of rotatable bonds is 2. The Morgan fingerprint density at radius 1 is 1.31 bits per heavy atom. The lowest BCUT2D eigenvalue weighted by molar-refractivity contribution is -0.402. The average Bonchev–Trinajstić information content (AvgIpc) is 2.14. The largest absolute Gasteiger partial charge is 0.422 e. The third-order valence-corrected chi connectivity index (χ3v) is 2.22. The van der Waals surface area contributed by atoms with Crippen molar-refractivity contribution in [2.75, 3.05) is 0 Å². The lowest BCUT2D eigenvalue weighted by Crippen LogP contribution is -2.12. The van der Waals surface area contributed by atoms with Gasteiger partial charge in [-0.2, -0.15) is 13.2 Å². The first-order valence-corrected chi connectivity index (χ1v) is 4.78. The number of hydrogen-bond acceptors (Lipinski definition) is 2. The molecule has 0 aromatic heterocycles. The predicted molar refractivity (Wildman–Crippen MR) is 55.2 cm³/mol. The molecule has 1 aromatic carbocycles. The number of benzene rings is 1. The van der Waals surface area contributed by atoms with E-state index in [1.807, 2.05) is 0 Å². The molecule has 0 spiro atoms. The molecule has 0 aliphatic heterocycles. The maximum absolute atomic E-state index is 12.5. The van der Waals surface area contributed by atoms with Crippen molar-refractivity contribution < 1.29 is 18.1 Å². The van der Waals surface area contributed by atoms with Gasteiger partial charge in [-0.25, -0.2) is 0 Å². The summed E-state index contributed by atoms with van der Waals surface area (Å²) < 4.78 is 38.0. The van der Waals surface area contributed by atoms with Crippen molar-refractivity contribution in [3.05, 3.63) is 50.6 Å². The normalized spacial score (nSPS) is 12.6. The van der Waals surface area contributed by atoms with Crippen molar-refractivity contribution in [1.29, 1.82) is 0 Å². The molecular weight excluding hydrogens is 291 g/mol. The Morgan fingerprint density at radius 3 is 2.19 bits per heavy atom. The zero-order valence-electron chi connectivity index (χ0n) is 7.66. The Hall–Kier alpha value is -1.37. The number of halogens is 4. The van der Waals surface area contributed by atoms with E-state index in [1.165, 1.54) is 12.1 Å². The lowest BCUT2D eigenvalue weighted by Gasteiger charge is -2.09. The number of nitro groups is 1. The fourth-order valence-electron chi connectivity index (χ4n) is 1.05. The zero-order valence-corrected chi connectivity index (χ0v) is 9.25. The molecule has 0 aliphatic carbocycles. The second-order valence-electron chi connectivity index (χ2n) is 2.83. The van der Waals surface area contributed by atoms with E-state index in [0.29, 0.717) is 4.47 Å². The molecule has 0 fully saturated rings. The minimum Gasteiger partial charge on any atom is -0.259 e. The number of alkyl halides is 3. The van der Waals surface area contributed by atoms with Crippen LogP contribution in [0.5, 0.6) is 0 Å². The zero-order chi connectivity index (χ0) is 12.3. The van der Waals surface area contributed by atoms with Gasteiger partial charge < -0.3 is 0 Å². The Labute approximate surface area is 96.9 Å². The van der Waals surface area contributed by atoms with Crippen LogP contribution in [0.25, 0.3) is 5.57 Å². The highest BCUT2D eigenvalue weighted by Gasteiger charge is 2.37. The van der Waals surface area contributed by atoms with Crippen LogP contribution in [0.1, 0.15) is 5.56 Å². The van der Waals surface area contributed by atoms with Gasteiger partial charge in [-0.3, -0.25) is 10.1 Å². The molecule has 0 radical (unpaired) electrons. The minimum atomic E-state index is -4.75. The Bertz CT molecular complexity index is 425. The van der Waals surface area contributed by atoms with Crippen molar-refractivity contribution >= 4 is 21.5 Å². The molecule has 0 unspecified atom stereocenters. The molecule has 86 valence electrons. The summed E-state index contributed by atoms with van der Waals surface area (Å²) in [6, 6.07) is 5.09. The summed E-state index contributed by atoms with van der Waals surface area (Å²) in [6.45, 7) is 0. The first kappa shape index (κ1) is 12.7. The van der Waals surface area contributed by atoms with Crippen LogP contribution in [0, 0.1) is 10.1 Å². The smallest absolute Gasteiger partial charge is 0.259 e. The molecule has 0 atom stereocenters. The molecule has 3 nitrogen and oxygen atoms in total. The summed E-state index contributed by atoms with van der Waals surface area (Å²) in [7, 11) is 0. The van der Waals surface area contributed by atoms with Crippen LogP contribution in [-0.2, 0) is 0 Å². The lowest BCUT2D eigenvalue weighted by atomic mass is 10.1. The monoisotopic (exact) mass is 295 g/mol. The fourth-order valence-corrected chi connectivity index (χ4v) is 1.31. The van der Waals surface area contributed by atoms with Gasteiger partial charge in [0.25, 0.3) is 0 Å². The summed E-state index contributed by atoms with van der Waals surface area (Å²) in [4.78, 5) is 9.00. The van der Waals surface area contributed by atoms with Gasteiger partial charge in [-0.05, 0) is 17.7 Å². The summed E-state index contributed by atoms with van der Waals surface area (Å²) in [6.07, 6.45) is -4.79. The molecule has 0 saturated heterocycles. The summed E-state index contributed by atoms with van der Waals surface area (Å²) in [5, 5.41) is 10.1. The van der Waals surface area contributed by atoms with Gasteiger partial charge in [-0.15, -0.1) is 0 Å². The molecule has 1 aromatic rings. The van der Waals surface area contributed by atoms with Crippen LogP contribution >= 0.6 is 15.9 Å². The van der Waals surface area contributed by atoms with Crippen LogP contribution in [0.2, 0.25) is 0 Å². The number of allylic oxidation sites excluding steroid dienone is 1. The summed E-state index contributed by atoms with van der Waals surface area (Å²) in [5.74, 6) is 0. The van der Waals surface area contributed by atoms with Crippen molar-refractivity contribution in [3.8, 4) is 0 Å². The molecular formula is C9H5BrF3NO2. The van der Waals surface area contributed by atoms with Gasteiger partial charge in [-0.1, -0.05) is 28.1 Å². The van der Waals surface area contributed by atoms with E-state index in [1.54, 1.807) is 0 Å². The summed E-state index contributed by atoms with van der Waals surface area (Å²) >= 11 is 3.06. The third-order valence-electron chi connectivity index (χ3n) is 1.70. The van der Waals surface area contributed by atoms with Crippen molar-refractivity contribution in [1.82, 2.24) is 0 Å². The van der Waals surface area contributed by atoms with Crippen LogP contribution in [-0.4, -0.2) is 11.1 Å². The first-order chi connectivity index (χ1) is 7.30. The quantitative estimate of drug-likeness (QED) is 0.618. The molecule has 0 N–H and O–H groups in total. The van der Waals surface area contributed by atoms with Gasteiger partial charge >= 0.3 is 6.18 Å². The van der Waals surface area contributed by atoms with Crippen LogP contribution in [0.3, 0.4) is 0 Å². The second-order valence-corrected chi connectivity index (χ2v) is 3.75. The maximum atomic E-state index is 12.5. The topological polar surface area (TPSA) is 43.1 Å². The van der Waals surface area contributed by atoms with E-state index in [2.05, 4.69) is 15.9 Å². The van der Waals surface area contributed by atoms with Crippen molar-refractivity contribution in [2.24, 2.45) is 0 Å². The van der Waals surface area contributed by atoms with Crippen LogP contribution in [0.4, 0.5) is 13.2 Å². The summed E-state index contributed by atoms with van der Waals surface area (Å²) in [5.41, 5.74) is -1.52. The minimum absolute atomic E-state index is 0.0385. The first-order valence-electron chi connectivity index (χ1n) is 3.99. The molecule has 0 bridgehead atoms. The maximum Gasteiger partial charge on any atom is 0.422 e. The van der Waals surface area contributed by atoms with E-state index in [0.717, 1.165) is 12.1 Å². The highest BCUT2D eigenvalue weighted by molar-refractivity contribution is 9.10. The fraction of sp³-hybridized carbons (Fsp3) is 0.111. The second kappa shape index (κ2) is 4.65. The molecule has 7 heteroatoms. The van der Waals surface area contributed by atoms with Crippen LogP contribution in [0.15, 0.2) is 34.9 Å². The SMILES string of the molecule is O=[N+]([O-])/C=C(/c1ccc(Br)cc1)C(F)(F)F. The molecule has 0 amide bonds. The van der Waals surface area contributed by atoms with Gasteiger partial charge in [0.15, 0.2) is 0 Å². The highest BCUT2D eigenvalue weighted by Crippen LogP contribution is 2.34. The van der Waals surface area contributed by atoms with Crippen molar-refractivity contribution in [3.63, 3.8) is 0 Å². The average molecular weight is 296 g/mol. The molecule has 16 heavy (non-hydrogen) atoms. The van der Waals surface area contributed by atoms with E-state index in [9.17, 15) is 23.3 Å². The standard InChI is InChI=1S/C9H5BrF3NO2/c10-7-3-1-6(2-4-7)8(5-14(15)16)9(11,12)13/h1-5H/b8-5-. The number of nitrogens with zero attached hydrogens (tertiary/aromatic N) is 1. The van der Waals surface area contributed by atoms with E-state index in [4.69, 9.17) is 0 Å². The van der Waals surface area contributed by atoms with E-state index in [-0.39, 0.29) is 11.8 Å². The van der Waals surface area contributed by atoms with Crippen molar-refractivity contribution in [2.45, 2.75) is 6.18 Å². The van der Waals surface area contributed by atoms with E-state index < -0.39 is 16.7 Å².